The molecule has 26 heavy (non-hydrogen) atoms. The summed E-state index contributed by atoms with van der Waals surface area (Å²) in [4.78, 5) is 24.3. The number of methoxy groups -OCH3 is 1. The van der Waals surface area contributed by atoms with Crippen molar-refractivity contribution in [1.29, 1.82) is 0 Å². The Labute approximate surface area is 151 Å². The van der Waals surface area contributed by atoms with E-state index in [4.69, 9.17) is 4.74 Å². The van der Waals surface area contributed by atoms with Crippen molar-refractivity contribution in [2.24, 2.45) is 11.8 Å². The highest BCUT2D eigenvalue weighted by molar-refractivity contribution is 5.87. The Balaban J connectivity index is 2.14. The minimum Gasteiger partial charge on any atom is -0.496 e. The van der Waals surface area contributed by atoms with E-state index in [0.717, 1.165) is 33.4 Å². The molecule has 3 aliphatic rings. The second-order valence-corrected chi connectivity index (χ2v) is 7.16. The second kappa shape index (κ2) is 5.59. The van der Waals surface area contributed by atoms with Crippen LogP contribution in [-0.4, -0.2) is 29.3 Å². The maximum absolute atomic E-state index is 12.1. The SMILES string of the molecule is COc1cc(C)c(C)c2c1[C@H]1c3ccccc3[C@@H]2[C@H](C(=O)O)[C@H]1C(=O)O. The fourth-order valence-electron chi connectivity index (χ4n) is 4.96. The van der Waals surface area contributed by atoms with E-state index in [2.05, 4.69) is 0 Å². The van der Waals surface area contributed by atoms with Crippen LogP contribution >= 0.6 is 0 Å². The van der Waals surface area contributed by atoms with Gasteiger partial charge in [0.05, 0.1) is 18.9 Å². The first-order valence-corrected chi connectivity index (χ1v) is 8.60. The molecule has 0 saturated carbocycles. The van der Waals surface area contributed by atoms with Gasteiger partial charge in [0.15, 0.2) is 0 Å². The highest BCUT2D eigenvalue weighted by atomic mass is 16.5. The Morgan fingerprint density at radius 1 is 0.923 bits per heavy atom. The van der Waals surface area contributed by atoms with E-state index in [1.807, 2.05) is 44.2 Å². The van der Waals surface area contributed by atoms with Crippen molar-refractivity contribution in [2.45, 2.75) is 25.7 Å². The molecule has 2 aromatic rings. The summed E-state index contributed by atoms with van der Waals surface area (Å²) in [5, 5.41) is 19.8. The standard InChI is InChI=1S/C21H20O5/c1-9-8-13(26-3)17-14(10(9)2)15-11-6-4-5-7-12(11)16(17)19(21(24)25)18(15)20(22)23/h4-8,15-16,18-19H,1-3H3,(H,22,23)(H,24,25)/t15-,16+,18-,19-/m0/s1. The highest BCUT2D eigenvalue weighted by Crippen LogP contribution is 2.61. The molecule has 5 heteroatoms. The van der Waals surface area contributed by atoms with E-state index in [1.54, 1.807) is 7.11 Å². The number of rotatable bonds is 3. The number of fused-ring (bicyclic) bond motifs is 1. The van der Waals surface area contributed by atoms with Crippen molar-refractivity contribution in [3.8, 4) is 5.75 Å². The van der Waals surface area contributed by atoms with Gasteiger partial charge < -0.3 is 14.9 Å². The number of aliphatic carboxylic acids is 2. The number of hydrogen-bond acceptors (Lipinski definition) is 3. The van der Waals surface area contributed by atoms with Crippen molar-refractivity contribution >= 4 is 11.9 Å². The third-order valence-electron chi connectivity index (χ3n) is 6.08. The molecule has 2 bridgehead atoms. The maximum atomic E-state index is 12.1. The molecule has 5 nitrogen and oxygen atoms in total. The number of aryl methyl sites for hydroxylation is 1. The van der Waals surface area contributed by atoms with Crippen LogP contribution in [0.3, 0.4) is 0 Å². The van der Waals surface area contributed by atoms with Gasteiger partial charge in [-0.1, -0.05) is 24.3 Å². The first kappa shape index (κ1) is 16.6. The van der Waals surface area contributed by atoms with Gasteiger partial charge in [0.25, 0.3) is 0 Å². The molecule has 0 radical (unpaired) electrons. The van der Waals surface area contributed by atoms with Crippen LogP contribution in [0.5, 0.6) is 5.75 Å². The van der Waals surface area contributed by atoms with E-state index in [1.165, 1.54) is 0 Å². The molecule has 0 spiro atoms. The summed E-state index contributed by atoms with van der Waals surface area (Å²) in [5.41, 5.74) is 5.61. The summed E-state index contributed by atoms with van der Waals surface area (Å²) >= 11 is 0. The van der Waals surface area contributed by atoms with E-state index in [0.29, 0.717) is 5.75 Å². The van der Waals surface area contributed by atoms with Crippen LogP contribution in [0.2, 0.25) is 0 Å². The van der Waals surface area contributed by atoms with E-state index >= 15 is 0 Å². The Morgan fingerprint density at radius 2 is 1.42 bits per heavy atom. The van der Waals surface area contributed by atoms with E-state index in [-0.39, 0.29) is 0 Å². The van der Waals surface area contributed by atoms with Gasteiger partial charge in [-0.3, -0.25) is 9.59 Å². The number of carboxylic acid groups (broad SMARTS) is 2. The van der Waals surface area contributed by atoms with Crippen LogP contribution in [0.15, 0.2) is 30.3 Å². The van der Waals surface area contributed by atoms with Gasteiger partial charge in [-0.05, 0) is 47.7 Å². The quantitative estimate of drug-likeness (QED) is 0.885. The highest BCUT2D eigenvalue weighted by Gasteiger charge is 2.57. The molecule has 134 valence electrons. The molecule has 4 atom stereocenters. The molecule has 0 heterocycles. The number of hydrogen-bond donors (Lipinski definition) is 2. The van der Waals surface area contributed by atoms with Crippen molar-refractivity contribution in [1.82, 2.24) is 0 Å². The summed E-state index contributed by atoms with van der Waals surface area (Å²) in [6.07, 6.45) is 0. The molecule has 0 saturated heterocycles. The predicted molar refractivity (Wildman–Crippen MR) is 94.8 cm³/mol. The Morgan fingerprint density at radius 3 is 1.88 bits per heavy atom. The number of benzene rings is 2. The van der Waals surface area contributed by atoms with Gasteiger partial charge in [-0.15, -0.1) is 0 Å². The fraction of sp³-hybridized carbons (Fsp3) is 0.333. The van der Waals surface area contributed by atoms with E-state index in [9.17, 15) is 19.8 Å². The minimum absolute atomic E-state index is 0.487. The zero-order valence-corrected chi connectivity index (χ0v) is 14.8. The Bertz CT molecular complexity index is 946. The predicted octanol–water partition coefficient (Wildman–Crippen LogP) is 3.30. The monoisotopic (exact) mass is 352 g/mol. The van der Waals surface area contributed by atoms with Crippen molar-refractivity contribution in [2.75, 3.05) is 7.11 Å². The van der Waals surface area contributed by atoms with Gasteiger partial charge in [0, 0.05) is 17.4 Å². The average Bonchev–Trinajstić information content (AvgIpc) is 2.63. The zero-order chi connectivity index (χ0) is 18.7. The number of carbonyl (C=O) groups is 2. The molecular formula is C21H20O5. The molecule has 5 rings (SSSR count). The van der Waals surface area contributed by atoms with Crippen molar-refractivity contribution < 1.29 is 24.5 Å². The third-order valence-corrected chi connectivity index (χ3v) is 6.08. The molecule has 0 unspecified atom stereocenters. The summed E-state index contributed by atoms with van der Waals surface area (Å²) in [7, 11) is 1.57. The molecule has 0 aromatic heterocycles. The molecule has 0 aliphatic heterocycles. The summed E-state index contributed by atoms with van der Waals surface area (Å²) in [6.45, 7) is 3.95. The first-order valence-electron chi connectivity index (χ1n) is 8.60. The van der Waals surface area contributed by atoms with Crippen LogP contribution in [0, 0.1) is 25.7 Å². The van der Waals surface area contributed by atoms with E-state index < -0.39 is 35.6 Å². The van der Waals surface area contributed by atoms with Crippen molar-refractivity contribution in [3.05, 3.63) is 63.7 Å². The molecule has 3 aliphatic carbocycles. The average molecular weight is 352 g/mol. The summed E-state index contributed by atoms with van der Waals surface area (Å²) in [5.74, 6) is -4.53. The van der Waals surface area contributed by atoms with Gasteiger partial charge in [0.2, 0.25) is 0 Å². The lowest BCUT2D eigenvalue weighted by Gasteiger charge is -2.48. The van der Waals surface area contributed by atoms with Crippen molar-refractivity contribution in [3.63, 3.8) is 0 Å². The zero-order valence-electron chi connectivity index (χ0n) is 14.8. The number of ether oxygens (including phenoxy) is 1. The Hall–Kier alpha value is -2.82. The molecule has 2 N–H and O–H groups in total. The molecular weight excluding hydrogens is 332 g/mol. The topological polar surface area (TPSA) is 83.8 Å². The van der Waals surface area contributed by atoms with Crippen LogP contribution in [0.25, 0.3) is 0 Å². The van der Waals surface area contributed by atoms with Gasteiger partial charge >= 0.3 is 11.9 Å². The lowest BCUT2D eigenvalue weighted by Crippen LogP contribution is -2.47. The maximum Gasteiger partial charge on any atom is 0.308 e. The summed E-state index contributed by atoms with van der Waals surface area (Å²) < 4.78 is 5.60. The molecule has 0 fully saturated rings. The molecule has 0 amide bonds. The smallest absolute Gasteiger partial charge is 0.308 e. The first-order chi connectivity index (χ1) is 12.4. The van der Waals surface area contributed by atoms with Gasteiger partial charge in [0.1, 0.15) is 5.75 Å². The van der Waals surface area contributed by atoms with Crippen LogP contribution in [-0.2, 0) is 9.59 Å². The number of carboxylic acids is 2. The second-order valence-electron chi connectivity index (χ2n) is 7.16. The van der Waals surface area contributed by atoms with Gasteiger partial charge in [-0.25, -0.2) is 0 Å². The minimum atomic E-state index is -1.08. The summed E-state index contributed by atoms with van der Waals surface area (Å²) in [6, 6.07) is 9.53. The van der Waals surface area contributed by atoms with Crippen LogP contribution < -0.4 is 4.74 Å². The van der Waals surface area contributed by atoms with Crippen LogP contribution in [0.4, 0.5) is 0 Å². The third kappa shape index (κ3) is 1.97. The normalized spacial score (nSPS) is 25.3. The lowest BCUT2D eigenvalue weighted by molar-refractivity contribution is -0.156. The lowest BCUT2D eigenvalue weighted by atomic mass is 9.53. The Kier molecular flexibility index (Phi) is 3.58. The fourth-order valence-corrected chi connectivity index (χ4v) is 4.96. The molecule has 2 aromatic carbocycles. The largest absolute Gasteiger partial charge is 0.496 e. The van der Waals surface area contributed by atoms with Crippen LogP contribution in [0.1, 0.15) is 45.2 Å². The van der Waals surface area contributed by atoms with Gasteiger partial charge in [-0.2, -0.15) is 0 Å².